The van der Waals surface area contributed by atoms with Crippen LogP contribution in [-0.2, 0) is 16.1 Å². The second-order valence-electron chi connectivity index (χ2n) is 4.76. The molecular weight excluding hydrogens is 262 g/mol. The maximum atomic E-state index is 11.8. The Morgan fingerprint density at radius 3 is 2.60 bits per heavy atom. The molecule has 7 heteroatoms. The number of carbonyl (C=O) groups is 2. The molecule has 0 aromatic carbocycles. The van der Waals surface area contributed by atoms with E-state index in [-0.39, 0.29) is 19.0 Å². The summed E-state index contributed by atoms with van der Waals surface area (Å²) in [5.74, 6) is -0.500. The van der Waals surface area contributed by atoms with E-state index in [1.54, 1.807) is 17.0 Å². The van der Waals surface area contributed by atoms with E-state index in [0.717, 1.165) is 0 Å². The zero-order valence-corrected chi connectivity index (χ0v) is 11.8. The molecule has 0 aliphatic heterocycles. The van der Waals surface area contributed by atoms with E-state index in [1.807, 2.05) is 19.0 Å². The number of hydrogen-bond donors (Lipinski definition) is 2. The van der Waals surface area contributed by atoms with Crippen LogP contribution in [0.25, 0.3) is 0 Å². The number of likely N-dealkylation sites (N-methyl/N-ethyl adjacent to an activating group) is 1. The summed E-state index contributed by atoms with van der Waals surface area (Å²) in [7, 11) is 3.80. The van der Waals surface area contributed by atoms with Crippen LogP contribution >= 0.6 is 0 Å². The molecule has 0 radical (unpaired) electrons. The van der Waals surface area contributed by atoms with Crippen LogP contribution in [0.4, 0.5) is 0 Å². The number of furan rings is 1. The van der Waals surface area contributed by atoms with Crippen molar-refractivity contribution in [3.05, 3.63) is 24.2 Å². The molecule has 0 aliphatic rings. The number of carbonyl (C=O) groups excluding carboxylic acids is 1. The molecule has 20 heavy (non-hydrogen) atoms. The smallest absolute Gasteiger partial charge is 0.317 e. The lowest BCUT2D eigenvalue weighted by atomic mass is 10.4. The van der Waals surface area contributed by atoms with Gasteiger partial charge in [-0.15, -0.1) is 0 Å². The molecule has 1 aromatic heterocycles. The summed E-state index contributed by atoms with van der Waals surface area (Å²) in [4.78, 5) is 26.1. The number of carboxylic acids is 1. The first-order valence-electron chi connectivity index (χ1n) is 6.35. The Hall–Kier alpha value is -1.86. The summed E-state index contributed by atoms with van der Waals surface area (Å²) in [5.41, 5.74) is 0. The summed E-state index contributed by atoms with van der Waals surface area (Å²) in [5, 5.41) is 11.5. The van der Waals surface area contributed by atoms with Crippen LogP contribution in [0.3, 0.4) is 0 Å². The maximum Gasteiger partial charge on any atom is 0.317 e. The minimum Gasteiger partial charge on any atom is -0.480 e. The van der Waals surface area contributed by atoms with Crippen molar-refractivity contribution in [3.8, 4) is 0 Å². The summed E-state index contributed by atoms with van der Waals surface area (Å²) in [6.45, 7) is 1.43. The lowest BCUT2D eigenvalue weighted by molar-refractivity contribution is -0.138. The van der Waals surface area contributed by atoms with E-state index < -0.39 is 5.97 Å². The third-order valence-corrected chi connectivity index (χ3v) is 2.63. The van der Waals surface area contributed by atoms with Crippen molar-refractivity contribution in [2.75, 3.05) is 40.3 Å². The second kappa shape index (κ2) is 8.34. The van der Waals surface area contributed by atoms with Gasteiger partial charge >= 0.3 is 5.97 Å². The fourth-order valence-electron chi connectivity index (χ4n) is 1.60. The number of carboxylic acid groups (broad SMARTS) is 1. The minimum absolute atomic E-state index is 0.0564. The largest absolute Gasteiger partial charge is 0.480 e. The van der Waals surface area contributed by atoms with Crippen molar-refractivity contribution in [1.29, 1.82) is 0 Å². The van der Waals surface area contributed by atoms with Crippen LogP contribution in [0.1, 0.15) is 5.76 Å². The monoisotopic (exact) mass is 283 g/mol. The molecule has 0 bridgehead atoms. The van der Waals surface area contributed by atoms with Gasteiger partial charge in [0, 0.05) is 13.1 Å². The number of nitrogens with zero attached hydrogens (tertiary/aromatic N) is 2. The first-order chi connectivity index (χ1) is 9.47. The first-order valence-corrected chi connectivity index (χ1v) is 6.35. The standard InChI is InChI=1S/C13H21N3O4/c1-15(2)5-6-16(10-13(18)19)9-12(17)14-8-11-4-3-7-20-11/h3-4,7H,5-6,8-10H2,1-2H3,(H,14,17)(H,18,19). The van der Waals surface area contributed by atoms with Crippen molar-refractivity contribution in [2.24, 2.45) is 0 Å². The topological polar surface area (TPSA) is 86.0 Å². The molecule has 0 saturated heterocycles. The van der Waals surface area contributed by atoms with Crippen LogP contribution in [0, 0.1) is 0 Å². The van der Waals surface area contributed by atoms with Gasteiger partial charge in [0.1, 0.15) is 5.76 Å². The minimum atomic E-state index is -0.942. The Morgan fingerprint density at radius 2 is 2.05 bits per heavy atom. The third kappa shape index (κ3) is 6.91. The van der Waals surface area contributed by atoms with Crippen LogP contribution in [0.15, 0.2) is 22.8 Å². The van der Waals surface area contributed by atoms with Gasteiger partial charge in [-0.25, -0.2) is 0 Å². The van der Waals surface area contributed by atoms with Gasteiger partial charge in [0.15, 0.2) is 0 Å². The molecule has 0 spiro atoms. The predicted octanol–water partition coefficient (Wildman–Crippen LogP) is -0.156. The van der Waals surface area contributed by atoms with E-state index >= 15 is 0 Å². The molecule has 0 aliphatic carbocycles. The number of hydrogen-bond acceptors (Lipinski definition) is 5. The quantitative estimate of drug-likeness (QED) is 0.655. The van der Waals surface area contributed by atoms with Crippen LogP contribution < -0.4 is 5.32 Å². The molecule has 1 rings (SSSR count). The van der Waals surface area contributed by atoms with Gasteiger partial charge in [0.2, 0.25) is 5.91 Å². The third-order valence-electron chi connectivity index (χ3n) is 2.63. The maximum absolute atomic E-state index is 11.8. The average molecular weight is 283 g/mol. The van der Waals surface area contributed by atoms with Crippen molar-refractivity contribution < 1.29 is 19.1 Å². The highest BCUT2D eigenvalue weighted by Crippen LogP contribution is 1.98. The van der Waals surface area contributed by atoms with Crippen molar-refractivity contribution in [3.63, 3.8) is 0 Å². The van der Waals surface area contributed by atoms with Gasteiger partial charge in [-0.3, -0.25) is 14.5 Å². The van der Waals surface area contributed by atoms with Crippen LogP contribution in [0.2, 0.25) is 0 Å². The lowest BCUT2D eigenvalue weighted by Gasteiger charge is -2.21. The predicted molar refractivity (Wildman–Crippen MR) is 73.2 cm³/mol. The van der Waals surface area contributed by atoms with Gasteiger partial charge in [-0.2, -0.15) is 0 Å². The second-order valence-corrected chi connectivity index (χ2v) is 4.76. The number of nitrogens with one attached hydrogen (secondary N) is 1. The Kier molecular flexibility index (Phi) is 6.75. The van der Waals surface area contributed by atoms with E-state index in [4.69, 9.17) is 9.52 Å². The van der Waals surface area contributed by atoms with E-state index in [0.29, 0.717) is 25.4 Å². The normalized spacial score (nSPS) is 11.0. The van der Waals surface area contributed by atoms with E-state index in [9.17, 15) is 9.59 Å². The average Bonchev–Trinajstić information content (AvgIpc) is 2.86. The molecule has 1 amide bonds. The molecule has 0 saturated carbocycles. The molecule has 7 nitrogen and oxygen atoms in total. The zero-order valence-electron chi connectivity index (χ0n) is 11.8. The Bertz CT molecular complexity index is 417. The van der Waals surface area contributed by atoms with Gasteiger partial charge in [0.25, 0.3) is 0 Å². The highest BCUT2D eigenvalue weighted by molar-refractivity contribution is 5.78. The molecule has 1 aromatic rings. The lowest BCUT2D eigenvalue weighted by Crippen LogP contribution is -2.42. The van der Waals surface area contributed by atoms with Crippen LogP contribution in [0.5, 0.6) is 0 Å². The molecular formula is C13H21N3O4. The Balaban J connectivity index is 2.37. The van der Waals surface area contributed by atoms with Crippen LogP contribution in [-0.4, -0.2) is 67.1 Å². The van der Waals surface area contributed by atoms with Gasteiger partial charge < -0.3 is 19.7 Å². The Labute approximate surface area is 118 Å². The number of rotatable bonds is 9. The van der Waals surface area contributed by atoms with Gasteiger partial charge in [-0.1, -0.05) is 0 Å². The van der Waals surface area contributed by atoms with Gasteiger partial charge in [-0.05, 0) is 26.2 Å². The molecule has 0 unspecified atom stereocenters. The highest BCUT2D eigenvalue weighted by atomic mass is 16.4. The van der Waals surface area contributed by atoms with Crippen molar-refractivity contribution >= 4 is 11.9 Å². The number of amides is 1. The zero-order chi connectivity index (χ0) is 15.0. The van der Waals surface area contributed by atoms with Gasteiger partial charge in [0.05, 0.1) is 25.9 Å². The van der Waals surface area contributed by atoms with Crippen molar-refractivity contribution in [1.82, 2.24) is 15.1 Å². The van der Waals surface area contributed by atoms with E-state index in [1.165, 1.54) is 6.26 Å². The fraction of sp³-hybridized carbons (Fsp3) is 0.538. The summed E-state index contributed by atoms with van der Waals surface area (Å²) >= 11 is 0. The molecule has 0 fully saturated rings. The molecule has 1 heterocycles. The number of aliphatic carboxylic acids is 1. The van der Waals surface area contributed by atoms with Crippen molar-refractivity contribution in [2.45, 2.75) is 6.54 Å². The SMILES string of the molecule is CN(C)CCN(CC(=O)O)CC(=O)NCc1ccco1. The fourth-order valence-corrected chi connectivity index (χ4v) is 1.60. The summed E-state index contributed by atoms with van der Waals surface area (Å²) in [6, 6.07) is 3.51. The summed E-state index contributed by atoms with van der Waals surface area (Å²) < 4.78 is 5.10. The first kappa shape index (κ1) is 16.2. The molecule has 2 N–H and O–H groups in total. The summed E-state index contributed by atoms with van der Waals surface area (Å²) in [6.07, 6.45) is 1.54. The Morgan fingerprint density at radius 1 is 1.30 bits per heavy atom. The molecule has 112 valence electrons. The molecule has 0 atom stereocenters. The highest BCUT2D eigenvalue weighted by Gasteiger charge is 2.14. The van der Waals surface area contributed by atoms with E-state index in [2.05, 4.69) is 5.32 Å².